The van der Waals surface area contributed by atoms with Gasteiger partial charge in [-0.25, -0.2) is 0 Å². The second-order valence-corrected chi connectivity index (χ2v) is 5.26. The Morgan fingerprint density at radius 2 is 2.12 bits per heavy atom. The Hall–Kier alpha value is -0.870. The van der Waals surface area contributed by atoms with Crippen molar-refractivity contribution in [1.82, 2.24) is 15.1 Å². The number of aliphatic hydroxyl groups excluding tert-OH is 1. The third-order valence-electron chi connectivity index (χ3n) is 2.64. The minimum atomic E-state index is -0.246. The molecule has 16 heavy (non-hydrogen) atoms. The average Bonchev–Trinajstić information content (AvgIpc) is 2.57. The maximum atomic E-state index is 9.17. The lowest BCUT2D eigenvalue weighted by atomic mass is 10.0. The molecule has 0 atom stereocenters. The number of rotatable bonds is 5. The van der Waals surface area contributed by atoms with Gasteiger partial charge in [0.05, 0.1) is 12.3 Å². The van der Waals surface area contributed by atoms with Crippen molar-refractivity contribution in [1.29, 1.82) is 0 Å². The summed E-state index contributed by atoms with van der Waals surface area (Å²) in [5.74, 6) is 0.426. The molecule has 92 valence electrons. The van der Waals surface area contributed by atoms with Crippen molar-refractivity contribution < 1.29 is 5.11 Å². The fourth-order valence-electron chi connectivity index (χ4n) is 1.57. The van der Waals surface area contributed by atoms with Crippen molar-refractivity contribution in [3.8, 4) is 0 Å². The van der Waals surface area contributed by atoms with Crippen molar-refractivity contribution in [2.75, 3.05) is 6.61 Å². The van der Waals surface area contributed by atoms with Gasteiger partial charge in [-0.15, -0.1) is 0 Å². The smallest absolute Gasteiger partial charge is 0.0694 e. The molecule has 0 aliphatic carbocycles. The summed E-state index contributed by atoms with van der Waals surface area (Å²) in [7, 11) is 1.94. The first-order valence-electron chi connectivity index (χ1n) is 5.74. The zero-order chi connectivity index (χ0) is 12.3. The first-order chi connectivity index (χ1) is 7.35. The number of hydrogen-bond donors (Lipinski definition) is 2. The lowest BCUT2D eigenvalue weighted by Crippen LogP contribution is -2.42. The van der Waals surface area contributed by atoms with E-state index in [2.05, 4.69) is 24.3 Å². The zero-order valence-electron chi connectivity index (χ0n) is 10.9. The largest absolute Gasteiger partial charge is 0.394 e. The van der Waals surface area contributed by atoms with E-state index in [1.54, 1.807) is 0 Å². The number of aryl methyl sites for hydroxylation is 1. The first kappa shape index (κ1) is 13.2. The molecule has 0 bridgehead atoms. The van der Waals surface area contributed by atoms with Gasteiger partial charge >= 0.3 is 0 Å². The molecular formula is C12H23N3O. The molecule has 0 saturated carbocycles. The molecular weight excluding hydrogens is 202 g/mol. The summed E-state index contributed by atoms with van der Waals surface area (Å²) < 4.78 is 1.85. The van der Waals surface area contributed by atoms with Gasteiger partial charge in [0.25, 0.3) is 0 Å². The van der Waals surface area contributed by atoms with E-state index in [0.717, 1.165) is 12.2 Å². The van der Waals surface area contributed by atoms with Crippen LogP contribution in [0.15, 0.2) is 6.20 Å². The number of nitrogens with zero attached hydrogens (tertiary/aromatic N) is 2. The lowest BCUT2D eigenvalue weighted by Gasteiger charge is -2.23. The van der Waals surface area contributed by atoms with Gasteiger partial charge in [-0.2, -0.15) is 5.10 Å². The topological polar surface area (TPSA) is 50.1 Å². The van der Waals surface area contributed by atoms with Gasteiger partial charge < -0.3 is 10.4 Å². The Labute approximate surface area is 97.7 Å². The molecule has 0 spiro atoms. The standard InChI is InChI=1S/C12H23N3O/c1-9(2)11-10(7-15(5)14-11)6-13-12(3,4)8-16/h7,9,13,16H,6,8H2,1-5H3. The third kappa shape index (κ3) is 3.32. The highest BCUT2D eigenvalue weighted by Gasteiger charge is 2.17. The van der Waals surface area contributed by atoms with Gasteiger partial charge in [0.15, 0.2) is 0 Å². The van der Waals surface area contributed by atoms with Crippen molar-refractivity contribution in [3.63, 3.8) is 0 Å². The second kappa shape index (κ2) is 4.97. The molecule has 1 rings (SSSR count). The molecule has 4 nitrogen and oxygen atoms in total. The molecule has 1 aromatic heterocycles. The average molecular weight is 225 g/mol. The van der Waals surface area contributed by atoms with E-state index >= 15 is 0 Å². The number of aliphatic hydroxyl groups is 1. The molecule has 0 amide bonds. The third-order valence-corrected chi connectivity index (χ3v) is 2.64. The number of aromatic nitrogens is 2. The van der Waals surface area contributed by atoms with Crippen molar-refractivity contribution in [2.45, 2.75) is 45.7 Å². The lowest BCUT2D eigenvalue weighted by molar-refractivity contribution is 0.187. The van der Waals surface area contributed by atoms with Gasteiger partial charge in [0.1, 0.15) is 0 Å². The van der Waals surface area contributed by atoms with Gasteiger partial charge in [-0.1, -0.05) is 13.8 Å². The molecule has 0 aromatic carbocycles. The van der Waals surface area contributed by atoms with Crippen LogP contribution in [-0.2, 0) is 13.6 Å². The highest BCUT2D eigenvalue weighted by molar-refractivity contribution is 5.20. The van der Waals surface area contributed by atoms with Gasteiger partial charge in [-0.3, -0.25) is 4.68 Å². The first-order valence-corrected chi connectivity index (χ1v) is 5.74. The predicted octanol–water partition coefficient (Wildman–Crippen LogP) is 1.40. The molecule has 0 saturated heterocycles. The van der Waals surface area contributed by atoms with Crippen LogP contribution in [0.5, 0.6) is 0 Å². The van der Waals surface area contributed by atoms with Crippen molar-refractivity contribution in [2.24, 2.45) is 7.05 Å². The van der Waals surface area contributed by atoms with Crippen LogP contribution in [0.2, 0.25) is 0 Å². The Balaban J connectivity index is 2.73. The fraction of sp³-hybridized carbons (Fsp3) is 0.750. The zero-order valence-corrected chi connectivity index (χ0v) is 10.9. The highest BCUT2D eigenvalue weighted by Crippen LogP contribution is 2.17. The van der Waals surface area contributed by atoms with Crippen LogP contribution in [0, 0.1) is 0 Å². The molecule has 0 radical (unpaired) electrons. The molecule has 2 N–H and O–H groups in total. The van der Waals surface area contributed by atoms with Crippen LogP contribution in [0.3, 0.4) is 0 Å². The fourth-order valence-corrected chi connectivity index (χ4v) is 1.57. The van der Waals surface area contributed by atoms with Crippen LogP contribution in [0.4, 0.5) is 0 Å². The molecule has 0 aliphatic heterocycles. The quantitative estimate of drug-likeness (QED) is 0.796. The van der Waals surface area contributed by atoms with E-state index in [1.165, 1.54) is 5.56 Å². The maximum absolute atomic E-state index is 9.17. The number of hydrogen-bond acceptors (Lipinski definition) is 3. The summed E-state index contributed by atoms with van der Waals surface area (Å²) in [6, 6.07) is 0. The normalized spacial score (nSPS) is 12.4. The minimum absolute atomic E-state index is 0.129. The van der Waals surface area contributed by atoms with E-state index in [9.17, 15) is 5.11 Å². The van der Waals surface area contributed by atoms with E-state index in [1.807, 2.05) is 31.8 Å². The van der Waals surface area contributed by atoms with Crippen LogP contribution in [0.25, 0.3) is 0 Å². The van der Waals surface area contributed by atoms with Crippen molar-refractivity contribution in [3.05, 3.63) is 17.5 Å². The van der Waals surface area contributed by atoms with Gasteiger partial charge in [-0.05, 0) is 19.8 Å². The molecule has 0 aliphatic rings. The van der Waals surface area contributed by atoms with Crippen molar-refractivity contribution >= 4 is 0 Å². The Morgan fingerprint density at radius 1 is 1.50 bits per heavy atom. The molecule has 0 unspecified atom stereocenters. The Kier molecular flexibility index (Phi) is 4.10. The minimum Gasteiger partial charge on any atom is -0.394 e. The van der Waals surface area contributed by atoms with Gasteiger partial charge in [0, 0.05) is 30.9 Å². The van der Waals surface area contributed by atoms with E-state index in [4.69, 9.17) is 0 Å². The van der Waals surface area contributed by atoms with E-state index < -0.39 is 0 Å². The molecule has 4 heteroatoms. The second-order valence-electron chi connectivity index (χ2n) is 5.26. The highest BCUT2D eigenvalue weighted by atomic mass is 16.3. The SMILES string of the molecule is CC(C)c1nn(C)cc1CNC(C)(C)CO. The number of nitrogens with one attached hydrogen (secondary N) is 1. The summed E-state index contributed by atoms with van der Waals surface area (Å²) >= 11 is 0. The summed E-state index contributed by atoms with van der Waals surface area (Å²) in [5.41, 5.74) is 2.09. The van der Waals surface area contributed by atoms with Crippen LogP contribution in [0.1, 0.15) is 44.9 Å². The molecule has 1 heterocycles. The van der Waals surface area contributed by atoms with Crippen LogP contribution >= 0.6 is 0 Å². The Bertz CT molecular complexity index is 342. The molecule has 1 aromatic rings. The maximum Gasteiger partial charge on any atom is 0.0694 e. The molecule has 0 fully saturated rings. The van der Waals surface area contributed by atoms with Crippen LogP contribution in [-0.4, -0.2) is 27.0 Å². The summed E-state index contributed by atoms with van der Waals surface area (Å²) in [6.07, 6.45) is 2.04. The monoisotopic (exact) mass is 225 g/mol. The van der Waals surface area contributed by atoms with E-state index in [-0.39, 0.29) is 12.1 Å². The summed E-state index contributed by atoms with van der Waals surface area (Å²) in [5, 5.41) is 17.0. The predicted molar refractivity (Wildman–Crippen MR) is 65.3 cm³/mol. The summed E-state index contributed by atoms with van der Waals surface area (Å²) in [4.78, 5) is 0. The van der Waals surface area contributed by atoms with Crippen LogP contribution < -0.4 is 5.32 Å². The van der Waals surface area contributed by atoms with Gasteiger partial charge in [0.2, 0.25) is 0 Å². The van der Waals surface area contributed by atoms with E-state index in [0.29, 0.717) is 5.92 Å². The Morgan fingerprint density at radius 3 is 2.62 bits per heavy atom. The summed E-state index contributed by atoms with van der Waals surface area (Å²) in [6.45, 7) is 9.13.